The second-order valence-electron chi connectivity index (χ2n) is 5.90. The van der Waals surface area contributed by atoms with Crippen molar-refractivity contribution in [2.75, 3.05) is 11.9 Å². The van der Waals surface area contributed by atoms with Crippen LogP contribution < -0.4 is 11.1 Å². The van der Waals surface area contributed by atoms with E-state index < -0.39 is 0 Å². The quantitative estimate of drug-likeness (QED) is 0.881. The maximum absolute atomic E-state index is 6.10. The Labute approximate surface area is 140 Å². The first-order valence-electron chi connectivity index (χ1n) is 7.61. The third kappa shape index (κ3) is 3.57. The van der Waals surface area contributed by atoms with Gasteiger partial charge in [0.05, 0.1) is 0 Å². The van der Waals surface area contributed by atoms with Crippen LogP contribution in [-0.4, -0.2) is 22.1 Å². The first kappa shape index (κ1) is 15.7. The van der Waals surface area contributed by atoms with Crippen LogP contribution in [0.4, 0.5) is 5.69 Å². The van der Waals surface area contributed by atoms with E-state index in [0.29, 0.717) is 16.3 Å². The molecule has 1 aromatic carbocycles. The smallest absolute Gasteiger partial charge is 0.166 e. The van der Waals surface area contributed by atoms with Crippen LogP contribution in [0.25, 0.3) is 5.69 Å². The van der Waals surface area contributed by atoms with Crippen LogP contribution in [0.15, 0.2) is 30.6 Å². The molecule has 0 unspecified atom stereocenters. The van der Waals surface area contributed by atoms with E-state index in [2.05, 4.69) is 10.3 Å². The normalized spacial score (nSPS) is 21.8. The Kier molecular flexibility index (Phi) is 4.91. The zero-order valence-electron chi connectivity index (χ0n) is 12.3. The van der Waals surface area contributed by atoms with Crippen LogP contribution in [0.5, 0.6) is 0 Å². The van der Waals surface area contributed by atoms with E-state index >= 15 is 0 Å². The fourth-order valence-electron chi connectivity index (χ4n) is 2.89. The van der Waals surface area contributed by atoms with Crippen molar-refractivity contribution in [1.29, 1.82) is 0 Å². The summed E-state index contributed by atoms with van der Waals surface area (Å²) in [4.78, 5) is 3.99. The Bertz CT molecular complexity index is 616. The standard InChI is InChI=1S/C16H20Cl2N4/c17-15-16(18)22(10-21-15)14-7-5-13(6-8-14)20-9-11-1-3-12(19)4-2-11/h5-8,10-12,20H,1-4,9,19H2. The summed E-state index contributed by atoms with van der Waals surface area (Å²) in [6.45, 7) is 1.00. The minimum atomic E-state index is 0.319. The predicted molar refractivity (Wildman–Crippen MR) is 92.0 cm³/mol. The van der Waals surface area contributed by atoms with Gasteiger partial charge in [-0.1, -0.05) is 23.2 Å². The molecule has 0 aliphatic heterocycles. The molecule has 1 saturated carbocycles. The first-order chi connectivity index (χ1) is 10.6. The molecule has 3 N–H and O–H groups in total. The van der Waals surface area contributed by atoms with Crippen molar-refractivity contribution >= 4 is 28.9 Å². The second-order valence-corrected chi connectivity index (χ2v) is 6.62. The number of rotatable bonds is 4. The maximum Gasteiger partial charge on any atom is 0.166 e. The Hall–Kier alpha value is -1.23. The molecule has 0 saturated heterocycles. The summed E-state index contributed by atoms with van der Waals surface area (Å²) >= 11 is 12.0. The van der Waals surface area contributed by atoms with Gasteiger partial charge in [0.1, 0.15) is 6.33 Å². The Morgan fingerprint density at radius 3 is 2.41 bits per heavy atom. The van der Waals surface area contributed by atoms with E-state index in [-0.39, 0.29) is 0 Å². The highest BCUT2D eigenvalue weighted by Gasteiger charge is 2.18. The summed E-state index contributed by atoms with van der Waals surface area (Å²) in [7, 11) is 0. The molecule has 0 amide bonds. The maximum atomic E-state index is 6.10. The molecule has 1 aromatic heterocycles. The van der Waals surface area contributed by atoms with Crippen molar-refractivity contribution in [2.45, 2.75) is 31.7 Å². The van der Waals surface area contributed by atoms with Gasteiger partial charge in [-0.05, 0) is 55.9 Å². The number of benzene rings is 1. The molecule has 0 bridgehead atoms. The minimum absolute atomic E-state index is 0.319. The Morgan fingerprint density at radius 2 is 1.82 bits per heavy atom. The molecule has 118 valence electrons. The van der Waals surface area contributed by atoms with Crippen molar-refractivity contribution in [2.24, 2.45) is 11.7 Å². The number of anilines is 1. The fourth-order valence-corrected chi connectivity index (χ4v) is 3.21. The van der Waals surface area contributed by atoms with E-state index in [1.165, 1.54) is 12.8 Å². The van der Waals surface area contributed by atoms with Gasteiger partial charge in [-0.25, -0.2) is 4.98 Å². The van der Waals surface area contributed by atoms with Gasteiger partial charge in [0, 0.05) is 24.0 Å². The summed E-state index contributed by atoms with van der Waals surface area (Å²) in [6, 6.07) is 8.51. The number of nitrogens with zero attached hydrogens (tertiary/aromatic N) is 2. The van der Waals surface area contributed by atoms with Gasteiger partial charge in [0.25, 0.3) is 0 Å². The van der Waals surface area contributed by atoms with Crippen molar-refractivity contribution in [3.05, 3.63) is 40.9 Å². The summed E-state index contributed by atoms with van der Waals surface area (Å²) in [5.41, 5.74) is 8.00. The molecule has 1 heterocycles. The second kappa shape index (κ2) is 6.90. The molecule has 2 aromatic rings. The predicted octanol–water partition coefficient (Wildman–Crippen LogP) is 4.11. The van der Waals surface area contributed by atoms with Gasteiger partial charge in [0.15, 0.2) is 10.3 Å². The van der Waals surface area contributed by atoms with Gasteiger partial charge in [0.2, 0.25) is 0 Å². The van der Waals surface area contributed by atoms with Crippen molar-refractivity contribution in [3.63, 3.8) is 0 Å². The van der Waals surface area contributed by atoms with Crippen LogP contribution in [0, 0.1) is 5.92 Å². The highest BCUT2D eigenvalue weighted by molar-refractivity contribution is 6.40. The van der Waals surface area contributed by atoms with Gasteiger partial charge in [-0.2, -0.15) is 0 Å². The zero-order chi connectivity index (χ0) is 15.5. The molecular weight excluding hydrogens is 319 g/mol. The number of hydrogen-bond acceptors (Lipinski definition) is 3. The third-order valence-corrected chi connectivity index (χ3v) is 5.03. The number of aromatic nitrogens is 2. The van der Waals surface area contributed by atoms with Gasteiger partial charge in [-0.3, -0.25) is 4.57 Å². The third-order valence-electron chi connectivity index (χ3n) is 4.30. The minimum Gasteiger partial charge on any atom is -0.385 e. The Balaban J connectivity index is 1.59. The Morgan fingerprint density at radius 1 is 1.14 bits per heavy atom. The van der Waals surface area contributed by atoms with E-state index in [9.17, 15) is 0 Å². The lowest BCUT2D eigenvalue weighted by molar-refractivity contribution is 0.339. The molecule has 1 fully saturated rings. The number of hydrogen-bond donors (Lipinski definition) is 2. The summed E-state index contributed by atoms with van der Waals surface area (Å²) in [5.74, 6) is 0.723. The molecule has 1 aliphatic rings. The monoisotopic (exact) mass is 338 g/mol. The van der Waals surface area contributed by atoms with Crippen LogP contribution in [-0.2, 0) is 0 Å². The number of imidazole rings is 1. The molecule has 22 heavy (non-hydrogen) atoms. The highest BCUT2D eigenvalue weighted by atomic mass is 35.5. The van der Waals surface area contributed by atoms with Crippen LogP contribution >= 0.6 is 23.2 Å². The number of nitrogens with two attached hydrogens (primary N) is 1. The molecule has 0 atom stereocenters. The van der Waals surface area contributed by atoms with Crippen molar-refractivity contribution in [1.82, 2.24) is 9.55 Å². The summed E-state index contributed by atoms with van der Waals surface area (Å²) in [6.07, 6.45) is 6.35. The van der Waals surface area contributed by atoms with Crippen LogP contribution in [0.1, 0.15) is 25.7 Å². The molecule has 4 nitrogen and oxygen atoms in total. The largest absolute Gasteiger partial charge is 0.385 e. The summed E-state index contributed by atoms with van der Waals surface area (Å²) in [5, 5.41) is 4.25. The number of nitrogens with one attached hydrogen (secondary N) is 1. The topological polar surface area (TPSA) is 55.9 Å². The SMILES string of the molecule is NC1CCC(CNc2ccc(-n3cnc(Cl)c3Cl)cc2)CC1. The molecule has 6 heteroatoms. The first-order valence-corrected chi connectivity index (χ1v) is 8.37. The van der Waals surface area contributed by atoms with E-state index in [1.54, 1.807) is 10.9 Å². The molecule has 0 spiro atoms. The van der Waals surface area contributed by atoms with E-state index in [1.807, 2.05) is 24.3 Å². The van der Waals surface area contributed by atoms with Crippen LogP contribution in [0.3, 0.4) is 0 Å². The molecular formula is C16H20Cl2N4. The molecule has 1 aliphatic carbocycles. The fraction of sp³-hybridized carbons (Fsp3) is 0.438. The highest BCUT2D eigenvalue weighted by Crippen LogP contribution is 2.26. The van der Waals surface area contributed by atoms with Gasteiger partial charge < -0.3 is 11.1 Å². The lowest BCUT2D eigenvalue weighted by Crippen LogP contribution is -2.29. The summed E-state index contributed by atoms with van der Waals surface area (Å²) < 4.78 is 1.76. The lowest BCUT2D eigenvalue weighted by atomic mass is 9.86. The molecule has 0 radical (unpaired) electrons. The van der Waals surface area contributed by atoms with E-state index in [0.717, 1.165) is 36.7 Å². The molecule has 3 rings (SSSR count). The van der Waals surface area contributed by atoms with Crippen LogP contribution in [0.2, 0.25) is 10.3 Å². The average Bonchev–Trinajstić information content (AvgIpc) is 2.87. The van der Waals surface area contributed by atoms with Crippen molar-refractivity contribution in [3.8, 4) is 5.69 Å². The average molecular weight is 339 g/mol. The lowest BCUT2D eigenvalue weighted by Gasteiger charge is -2.26. The zero-order valence-corrected chi connectivity index (χ0v) is 13.8. The van der Waals surface area contributed by atoms with Gasteiger partial charge >= 0.3 is 0 Å². The van der Waals surface area contributed by atoms with Crippen molar-refractivity contribution < 1.29 is 0 Å². The number of halogens is 2. The van der Waals surface area contributed by atoms with Gasteiger partial charge in [-0.15, -0.1) is 0 Å². The van der Waals surface area contributed by atoms with E-state index in [4.69, 9.17) is 28.9 Å².